The fraction of sp³-hybridized carbons (Fsp3) is 0.0714. The minimum absolute atomic E-state index is 0.0513. The zero-order chi connectivity index (χ0) is 17.1. The van der Waals surface area contributed by atoms with Gasteiger partial charge < -0.3 is 9.26 Å². The molecule has 0 unspecified atom stereocenters. The van der Waals surface area contributed by atoms with E-state index < -0.39 is 10.9 Å². The second kappa shape index (κ2) is 6.77. The standard InChI is InChI=1S/C14H8ClN3O5S/c15-10-4-3-8(18(20)21)6-9(10)14(19)22-7-12-16-13(17-23-12)11-2-1-5-24-11/h1-6H,7H2. The number of nitro benzene ring substituents is 1. The maximum atomic E-state index is 12.0. The van der Waals surface area contributed by atoms with Crippen LogP contribution in [0.3, 0.4) is 0 Å². The van der Waals surface area contributed by atoms with Gasteiger partial charge in [-0.15, -0.1) is 11.3 Å². The van der Waals surface area contributed by atoms with Crippen molar-refractivity contribution in [2.45, 2.75) is 6.61 Å². The van der Waals surface area contributed by atoms with Gasteiger partial charge in [0.05, 0.1) is 20.4 Å². The Kier molecular flexibility index (Phi) is 4.54. The van der Waals surface area contributed by atoms with E-state index in [-0.39, 0.29) is 28.8 Å². The molecule has 3 aromatic rings. The van der Waals surface area contributed by atoms with Gasteiger partial charge in [0, 0.05) is 12.1 Å². The number of nitrogens with zero attached hydrogens (tertiary/aromatic N) is 3. The molecule has 2 aromatic heterocycles. The second-order valence-corrected chi connectivity index (χ2v) is 5.84. The third-order valence-electron chi connectivity index (χ3n) is 2.92. The molecule has 0 saturated heterocycles. The first kappa shape index (κ1) is 16.1. The molecular weight excluding hydrogens is 358 g/mol. The first-order valence-electron chi connectivity index (χ1n) is 6.52. The number of thiophene rings is 1. The molecule has 0 aliphatic carbocycles. The molecule has 0 aliphatic rings. The smallest absolute Gasteiger partial charge is 0.340 e. The molecule has 0 spiro atoms. The number of ether oxygens (including phenoxy) is 1. The van der Waals surface area contributed by atoms with Gasteiger partial charge in [0.15, 0.2) is 6.61 Å². The van der Waals surface area contributed by atoms with E-state index >= 15 is 0 Å². The number of non-ortho nitro benzene ring substituents is 1. The summed E-state index contributed by atoms with van der Waals surface area (Å²) >= 11 is 7.32. The molecule has 0 radical (unpaired) electrons. The van der Waals surface area contributed by atoms with E-state index in [1.807, 2.05) is 17.5 Å². The van der Waals surface area contributed by atoms with Crippen LogP contribution in [0, 0.1) is 10.1 Å². The van der Waals surface area contributed by atoms with Gasteiger partial charge in [0.25, 0.3) is 11.6 Å². The van der Waals surface area contributed by atoms with Crippen LogP contribution in [0.15, 0.2) is 40.2 Å². The van der Waals surface area contributed by atoms with Crippen LogP contribution in [0.25, 0.3) is 10.7 Å². The van der Waals surface area contributed by atoms with E-state index in [1.54, 1.807) is 0 Å². The molecule has 24 heavy (non-hydrogen) atoms. The van der Waals surface area contributed by atoms with E-state index in [0.29, 0.717) is 5.82 Å². The van der Waals surface area contributed by atoms with Gasteiger partial charge in [0.2, 0.25) is 5.82 Å². The zero-order valence-corrected chi connectivity index (χ0v) is 13.4. The van der Waals surface area contributed by atoms with Crippen molar-refractivity contribution in [1.82, 2.24) is 10.1 Å². The highest BCUT2D eigenvalue weighted by molar-refractivity contribution is 7.13. The molecule has 0 aliphatic heterocycles. The van der Waals surface area contributed by atoms with Crippen LogP contribution in [0.5, 0.6) is 0 Å². The third-order valence-corrected chi connectivity index (χ3v) is 4.11. The van der Waals surface area contributed by atoms with Crippen LogP contribution in [0.4, 0.5) is 5.69 Å². The molecule has 8 nitrogen and oxygen atoms in total. The lowest BCUT2D eigenvalue weighted by Crippen LogP contribution is -2.07. The van der Waals surface area contributed by atoms with Crippen molar-refractivity contribution < 1.29 is 19.0 Å². The normalized spacial score (nSPS) is 10.5. The molecule has 0 atom stereocenters. The number of nitro groups is 1. The number of carbonyl (C=O) groups is 1. The van der Waals surface area contributed by atoms with Gasteiger partial charge in [-0.3, -0.25) is 10.1 Å². The van der Waals surface area contributed by atoms with Crippen molar-refractivity contribution in [1.29, 1.82) is 0 Å². The Hall–Kier alpha value is -2.78. The summed E-state index contributed by atoms with van der Waals surface area (Å²) in [6, 6.07) is 7.19. The fourth-order valence-corrected chi connectivity index (χ4v) is 2.65. The summed E-state index contributed by atoms with van der Waals surface area (Å²) in [6.07, 6.45) is 0. The number of halogens is 1. The molecule has 2 heterocycles. The maximum Gasteiger partial charge on any atom is 0.340 e. The van der Waals surface area contributed by atoms with Crippen molar-refractivity contribution in [2.24, 2.45) is 0 Å². The Morgan fingerprint density at radius 3 is 2.96 bits per heavy atom. The molecule has 0 bridgehead atoms. The van der Waals surface area contributed by atoms with Crippen molar-refractivity contribution in [2.75, 3.05) is 0 Å². The number of carbonyl (C=O) groups excluding carboxylic acids is 1. The lowest BCUT2D eigenvalue weighted by atomic mass is 10.2. The number of esters is 1. The Morgan fingerprint density at radius 1 is 1.42 bits per heavy atom. The summed E-state index contributed by atoms with van der Waals surface area (Å²) in [5.41, 5.74) is -0.368. The predicted octanol–water partition coefficient (Wildman–Crippen LogP) is 3.72. The summed E-state index contributed by atoms with van der Waals surface area (Å²) in [5.74, 6) is -0.322. The molecule has 0 saturated carbocycles. The Bertz CT molecular complexity index is 894. The molecule has 0 fully saturated rings. The Morgan fingerprint density at radius 2 is 2.25 bits per heavy atom. The predicted molar refractivity (Wildman–Crippen MR) is 84.8 cm³/mol. The highest BCUT2D eigenvalue weighted by atomic mass is 35.5. The quantitative estimate of drug-likeness (QED) is 0.385. The summed E-state index contributed by atoms with van der Waals surface area (Å²) in [4.78, 5) is 27.1. The summed E-state index contributed by atoms with van der Waals surface area (Å²) in [6.45, 7) is -0.268. The van der Waals surface area contributed by atoms with Gasteiger partial charge in [-0.2, -0.15) is 4.98 Å². The molecule has 0 N–H and O–H groups in total. The van der Waals surface area contributed by atoms with E-state index in [1.165, 1.54) is 23.5 Å². The maximum absolute atomic E-state index is 12.0. The van der Waals surface area contributed by atoms with Gasteiger partial charge in [-0.25, -0.2) is 4.79 Å². The minimum atomic E-state index is -0.820. The van der Waals surface area contributed by atoms with E-state index in [0.717, 1.165) is 10.9 Å². The Labute approximate surface area is 143 Å². The van der Waals surface area contributed by atoms with Crippen molar-refractivity contribution >= 4 is 34.6 Å². The van der Waals surface area contributed by atoms with Crippen LogP contribution >= 0.6 is 22.9 Å². The monoisotopic (exact) mass is 365 g/mol. The number of hydrogen-bond donors (Lipinski definition) is 0. The lowest BCUT2D eigenvalue weighted by Gasteiger charge is -2.03. The number of benzene rings is 1. The van der Waals surface area contributed by atoms with E-state index in [9.17, 15) is 14.9 Å². The molecular formula is C14H8ClN3O5S. The topological polar surface area (TPSA) is 108 Å². The van der Waals surface area contributed by atoms with Gasteiger partial charge >= 0.3 is 5.97 Å². The summed E-state index contributed by atoms with van der Waals surface area (Å²) < 4.78 is 10.0. The first-order chi connectivity index (χ1) is 11.5. The summed E-state index contributed by atoms with van der Waals surface area (Å²) in [7, 11) is 0. The average molecular weight is 366 g/mol. The molecule has 10 heteroatoms. The van der Waals surface area contributed by atoms with Crippen molar-refractivity contribution in [3.63, 3.8) is 0 Å². The molecule has 0 amide bonds. The van der Waals surface area contributed by atoms with E-state index in [4.69, 9.17) is 20.9 Å². The lowest BCUT2D eigenvalue weighted by molar-refractivity contribution is -0.384. The third kappa shape index (κ3) is 3.42. The van der Waals surface area contributed by atoms with Crippen LogP contribution in [-0.4, -0.2) is 21.0 Å². The number of aromatic nitrogens is 2. The molecule has 122 valence electrons. The van der Waals surface area contributed by atoms with E-state index in [2.05, 4.69) is 10.1 Å². The van der Waals surface area contributed by atoms with Crippen LogP contribution < -0.4 is 0 Å². The van der Waals surface area contributed by atoms with Crippen molar-refractivity contribution in [3.8, 4) is 10.7 Å². The van der Waals surface area contributed by atoms with Gasteiger partial charge in [-0.1, -0.05) is 22.8 Å². The van der Waals surface area contributed by atoms with Gasteiger partial charge in [-0.05, 0) is 17.5 Å². The number of hydrogen-bond acceptors (Lipinski definition) is 8. The fourth-order valence-electron chi connectivity index (χ4n) is 1.81. The molecule has 1 aromatic carbocycles. The minimum Gasteiger partial charge on any atom is -0.452 e. The largest absolute Gasteiger partial charge is 0.452 e. The van der Waals surface area contributed by atoms with Gasteiger partial charge in [0.1, 0.15) is 0 Å². The molecule has 3 rings (SSSR count). The number of rotatable bonds is 5. The first-order valence-corrected chi connectivity index (χ1v) is 7.78. The SMILES string of the molecule is O=C(OCc1nc(-c2cccs2)no1)c1cc([N+](=O)[O-])ccc1Cl. The zero-order valence-electron chi connectivity index (χ0n) is 11.8. The summed E-state index contributed by atoms with van der Waals surface area (Å²) in [5, 5.41) is 16.5. The van der Waals surface area contributed by atoms with Crippen LogP contribution in [0.2, 0.25) is 5.02 Å². The van der Waals surface area contributed by atoms with Crippen LogP contribution in [-0.2, 0) is 11.3 Å². The van der Waals surface area contributed by atoms with Crippen molar-refractivity contribution in [3.05, 3.63) is 62.3 Å². The van der Waals surface area contributed by atoms with Crippen LogP contribution in [0.1, 0.15) is 16.2 Å². The highest BCUT2D eigenvalue weighted by Crippen LogP contribution is 2.24. The Balaban J connectivity index is 1.70. The average Bonchev–Trinajstić information content (AvgIpc) is 3.24. The highest BCUT2D eigenvalue weighted by Gasteiger charge is 2.18. The second-order valence-electron chi connectivity index (χ2n) is 4.49.